The van der Waals surface area contributed by atoms with Crippen molar-refractivity contribution in [2.24, 2.45) is 0 Å². The predicted molar refractivity (Wildman–Crippen MR) is 117 cm³/mol. The second kappa shape index (κ2) is 10.2. The fraction of sp³-hybridized carbons (Fsp3) is 0.450. The van der Waals surface area contributed by atoms with Crippen LogP contribution in [0.5, 0.6) is 0 Å². The number of aryl methyl sites for hydroxylation is 2. The standard InChI is InChI=1S/C20H27N5O6S/c1-13-19(15(3)31-23-13)32(28,29)24-14(2)20(27)22-17-6-4-16(5-7-17)21-18(26)12-25-8-10-30-11-9-25/h4-7,14,24H,8-12H2,1-3H3,(H,21,26)(H,22,27)/t14-/m0/s1. The normalized spacial score (nSPS) is 15.8. The van der Waals surface area contributed by atoms with Crippen molar-refractivity contribution >= 4 is 33.2 Å². The Bertz CT molecular complexity index is 1040. The zero-order valence-electron chi connectivity index (χ0n) is 18.2. The van der Waals surface area contributed by atoms with Gasteiger partial charge in [0, 0.05) is 24.5 Å². The molecular weight excluding hydrogens is 438 g/mol. The molecule has 1 aliphatic rings. The summed E-state index contributed by atoms with van der Waals surface area (Å²) in [5.74, 6) is -0.524. The highest BCUT2D eigenvalue weighted by Crippen LogP contribution is 2.19. The number of nitrogens with zero attached hydrogens (tertiary/aromatic N) is 2. The van der Waals surface area contributed by atoms with E-state index in [-0.39, 0.29) is 28.8 Å². The molecule has 32 heavy (non-hydrogen) atoms. The summed E-state index contributed by atoms with van der Waals surface area (Å²) in [6.45, 7) is 7.39. The summed E-state index contributed by atoms with van der Waals surface area (Å²) in [5, 5.41) is 9.09. The van der Waals surface area contributed by atoms with Crippen LogP contribution in [0, 0.1) is 13.8 Å². The summed E-state index contributed by atoms with van der Waals surface area (Å²) in [5.41, 5.74) is 1.27. The van der Waals surface area contributed by atoms with Gasteiger partial charge in [0.15, 0.2) is 5.76 Å². The first-order valence-electron chi connectivity index (χ1n) is 10.1. The lowest BCUT2D eigenvalue weighted by atomic mass is 10.2. The van der Waals surface area contributed by atoms with E-state index in [0.717, 1.165) is 13.1 Å². The fourth-order valence-electron chi connectivity index (χ4n) is 3.25. The van der Waals surface area contributed by atoms with Crippen molar-refractivity contribution in [3.8, 4) is 0 Å². The average molecular weight is 466 g/mol. The summed E-state index contributed by atoms with van der Waals surface area (Å²) in [4.78, 5) is 26.6. The van der Waals surface area contributed by atoms with Crippen LogP contribution in [-0.4, -0.2) is 69.2 Å². The Morgan fingerprint density at radius 3 is 2.25 bits per heavy atom. The first-order valence-corrected chi connectivity index (χ1v) is 11.6. The van der Waals surface area contributed by atoms with Gasteiger partial charge in [0.1, 0.15) is 10.6 Å². The van der Waals surface area contributed by atoms with Crippen molar-refractivity contribution < 1.29 is 27.3 Å². The third kappa shape index (κ3) is 6.13. The molecule has 1 aromatic carbocycles. The van der Waals surface area contributed by atoms with E-state index in [1.165, 1.54) is 20.8 Å². The average Bonchev–Trinajstić information content (AvgIpc) is 3.08. The molecule has 2 amide bonds. The highest BCUT2D eigenvalue weighted by atomic mass is 32.2. The van der Waals surface area contributed by atoms with Crippen LogP contribution in [0.2, 0.25) is 0 Å². The molecule has 3 N–H and O–H groups in total. The number of amides is 2. The SMILES string of the molecule is Cc1noc(C)c1S(=O)(=O)N[C@@H](C)C(=O)Nc1ccc(NC(=O)CN2CCOCC2)cc1. The molecule has 0 bridgehead atoms. The number of rotatable bonds is 8. The van der Waals surface area contributed by atoms with Gasteiger partial charge in [-0.15, -0.1) is 0 Å². The third-order valence-electron chi connectivity index (χ3n) is 4.87. The minimum absolute atomic E-state index is 0.0747. The van der Waals surface area contributed by atoms with Crippen LogP contribution in [0.1, 0.15) is 18.4 Å². The predicted octanol–water partition coefficient (Wildman–Crippen LogP) is 0.868. The van der Waals surface area contributed by atoms with Gasteiger partial charge in [0.2, 0.25) is 21.8 Å². The molecule has 0 radical (unpaired) electrons. The maximum atomic E-state index is 12.6. The van der Waals surface area contributed by atoms with Gasteiger partial charge in [-0.2, -0.15) is 4.72 Å². The van der Waals surface area contributed by atoms with Gasteiger partial charge in [-0.1, -0.05) is 5.16 Å². The van der Waals surface area contributed by atoms with E-state index in [1.54, 1.807) is 24.3 Å². The van der Waals surface area contributed by atoms with E-state index in [1.807, 2.05) is 4.90 Å². The van der Waals surface area contributed by atoms with E-state index >= 15 is 0 Å². The number of carbonyl (C=O) groups is 2. The first-order chi connectivity index (χ1) is 15.2. The lowest BCUT2D eigenvalue weighted by molar-refractivity contribution is -0.118. The first kappa shape index (κ1) is 23.9. The third-order valence-corrected chi connectivity index (χ3v) is 6.65. The maximum Gasteiger partial charge on any atom is 0.246 e. The van der Waals surface area contributed by atoms with Crippen molar-refractivity contribution in [2.45, 2.75) is 31.7 Å². The summed E-state index contributed by atoms with van der Waals surface area (Å²) in [6.07, 6.45) is 0. The molecular formula is C20H27N5O6S. The number of ether oxygens (including phenoxy) is 1. The van der Waals surface area contributed by atoms with E-state index in [0.29, 0.717) is 24.6 Å². The van der Waals surface area contributed by atoms with Crippen molar-refractivity contribution in [3.05, 3.63) is 35.7 Å². The molecule has 174 valence electrons. The van der Waals surface area contributed by atoms with E-state index < -0.39 is 22.0 Å². The summed E-state index contributed by atoms with van der Waals surface area (Å²) < 4.78 is 37.6. The van der Waals surface area contributed by atoms with Gasteiger partial charge in [-0.25, -0.2) is 8.42 Å². The summed E-state index contributed by atoms with van der Waals surface area (Å²) in [7, 11) is -3.97. The number of sulfonamides is 1. The molecule has 2 heterocycles. The highest BCUT2D eigenvalue weighted by molar-refractivity contribution is 7.89. The smallest absolute Gasteiger partial charge is 0.246 e. The number of nitrogens with one attached hydrogen (secondary N) is 3. The molecule has 12 heteroatoms. The molecule has 3 rings (SSSR count). The molecule has 0 spiro atoms. The minimum Gasteiger partial charge on any atom is -0.379 e. The van der Waals surface area contributed by atoms with Gasteiger partial charge in [-0.05, 0) is 45.0 Å². The minimum atomic E-state index is -3.97. The largest absolute Gasteiger partial charge is 0.379 e. The van der Waals surface area contributed by atoms with Gasteiger partial charge in [-0.3, -0.25) is 14.5 Å². The topological polar surface area (TPSA) is 143 Å². The zero-order valence-corrected chi connectivity index (χ0v) is 19.0. The maximum absolute atomic E-state index is 12.6. The monoisotopic (exact) mass is 465 g/mol. The van der Waals surface area contributed by atoms with Gasteiger partial charge in [0.25, 0.3) is 0 Å². The van der Waals surface area contributed by atoms with Crippen molar-refractivity contribution in [1.82, 2.24) is 14.8 Å². The number of hydrogen-bond donors (Lipinski definition) is 3. The number of carbonyl (C=O) groups excluding carboxylic acids is 2. The number of hydrogen-bond acceptors (Lipinski definition) is 8. The molecule has 11 nitrogen and oxygen atoms in total. The van der Waals surface area contributed by atoms with Crippen LogP contribution in [0.3, 0.4) is 0 Å². The second-order valence-electron chi connectivity index (χ2n) is 7.50. The van der Waals surface area contributed by atoms with Crippen LogP contribution in [0.4, 0.5) is 11.4 Å². The molecule has 1 aromatic heterocycles. The van der Waals surface area contributed by atoms with Crippen LogP contribution < -0.4 is 15.4 Å². The molecule has 1 atom stereocenters. The molecule has 1 aliphatic heterocycles. The lowest BCUT2D eigenvalue weighted by Crippen LogP contribution is -2.41. The van der Waals surface area contributed by atoms with E-state index in [4.69, 9.17) is 9.26 Å². The Morgan fingerprint density at radius 1 is 1.09 bits per heavy atom. The van der Waals surface area contributed by atoms with E-state index in [9.17, 15) is 18.0 Å². The van der Waals surface area contributed by atoms with E-state index in [2.05, 4.69) is 20.5 Å². The number of morpholine rings is 1. The molecule has 0 aliphatic carbocycles. The van der Waals surface area contributed by atoms with Crippen LogP contribution in [0.25, 0.3) is 0 Å². The Labute approximate surface area is 186 Å². The zero-order chi connectivity index (χ0) is 23.3. The molecule has 2 aromatic rings. The van der Waals surface area contributed by atoms with Gasteiger partial charge >= 0.3 is 0 Å². The van der Waals surface area contributed by atoms with Crippen LogP contribution in [0.15, 0.2) is 33.7 Å². The summed E-state index contributed by atoms with van der Waals surface area (Å²) >= 11 is 0. The second-order valence-corrected chi connectivity index (χ2v) is 9.15. The molecule has 0 unspecified atom stereocenters. The Kier molecular flexibility index (Phi) is 7.61. The Balaban J connectivity index is 1.53. The fourth-order valence-corrected chi connectivity index (χ4v) is 4.79. The molecule has 1 fully saturated rings. The van der Waals surface area contributed by atoms with Crippen molar-refractivity contribution in [1.29, 1.82) is 0 Å². The quantitative estimate of drug-likeness (QED) is 0.521. The van der Waals surface area contributed by atoms with Crippen LogP contribution >= 0.6 is 0 Å². The van der Waals surface area contributed by atoms with Gasteiger partial charge in [0.05, 0.1) is 25.8 Å². The lowest BCUT2D eigenvalue weighted by Gasteiger charge is -2.25. The molecule has 1 saturated heterocycles. The number of anilines is 2. The van der Waals surface area contributed by atoms with Crippen LogP contribution in [-0.2, 0) is 24.3 Å². The van der Waals surface area contributed by atoms with Crippen molar-refractivity contribution in [2.75, 3.05) is 43.5 Å². The number of aromatic nitrogens is 1. The Hall–Kier alpha value is -2.80. The Morgan fingerprint density at radius 2 is 1.69 bits per heavy atom. The van der Waals surface area contributed by atoms with Gasteiger partial charge < -0.3 is 19.9 Å². The summed E-state index contributed by atoms with van der Waals surface area (Å²) in [6, 6.07) is 5.52. The highest BCUT2D eigenvalue weighted by Gasteiger charge is 2.28. The van der Waals surface area contributed by atoms with Crippen molar-refractivity contribution in [3.63, 3.8) is 0 Å². The molecule has 0 saturated carbocycles. The number of benzene rings is 1.